The van der Waals surface area contributed by atoms with Crippen molar-refractivity contribution >= 4 is 11.8 Å². The molecule has 1 rings (SSSR count). The van der Waals surface area contributed by atoms with E-state index in [1.807, 2.05) is 7.05 Å². The fourth-order valence-electron chi connectivity index (χ4n) is 1.20. The lowest BCUT2D eigenvalue weighted by Crippen LogP contribution is -2.20. The van der Waals surface area contributed by atoms with Crippen LogP contribution >= 0.6 is 11.8 Å². The van der Waals surface area contributed by atoms with E-state index in [1.54, 1.807) is 16.4 Å². The predicted molar refractivity (Wildman–Crippen MR) is 68.1 cm³/mol. The van der Waals surface area contributed by atoms with Gasteiger partial charge in [-0.25, -0.2) is 4.68 Å². The first-order chi connectivity index (χ1) is 8.20. The minimum atomic E-state index is 0.328. The highest BCUT2D eigenvalue weighted by molar-refractivity contribution is 7.99. The molecule has 0 bridgehead atoms. The van der Waals surface area contributed by atoms with Crippen molar-refractivity contribution in [1.82, 2.24) is 25.5 Å². The molecule has 1 aromatic heterocycles. The maximum Gasteiger partial charge on any atom is 0.209 e. The summed E-state index contributed by atoms with van der Waals surface area (Å²) in [6.45, 7) is 6.88. The molecular formula is C10H21N5OS. The number of nitrogens with one attached hydrogen (secondary N) is 1. The summed E-state index contributed by atoms with van der Waals surface area (Å²) in [4.78, 5) is 0. The summed E-state index contributed by atoms with van der Waals surface area (Å²) in [5, 5.41) is 15.5. The van der Waals surface area contributed by atoms with Gasteiger partial charge in [0.05, 0.1) is 6.10 Å². The molecule has 0 saturated carbocycles. The first-order valence-electron chi connectivity index (χ1n) is 5.87. The van der Waals surface area contributed by atoms with E-state index in [4.69, 9.17) is 4.74 Å². The molecule has 1 heterocycles. The van der Waals surface area contributed by atoms with Crippen LogP contribution in [0.25, 0.3) is 0 Å². The largest absolute Gasteiger partial charge is 0.379 e. The number of aromatic nitrogens is 4. The molecule has 0 aliphatic heterocycles. The second-order valence-corrected chi connectivity index (χ2v) is 5.02. The normalized spacial score (nSPS) is 11.3. The van der Waals surface area contributed by atoms with Crippen LogP contribution < -0.4 is 5.32 Å². The standard InChI is InChI=1S/C10H21N5OS/c1-9(2)16-7-4-5-11-6-8-17-10-12-13-14-15(10)3/h9,11H,4-8H2,1-3H3. The number of thioether (sulfide) groups is 1. The van der Waals surface area contributed by atoms with Crippen LogP contribution in [0.3, 0.4) is 0 Å². The Morgan fingerprint density at radius 2 is 2.24 bits per heavy atom. The van der Waals surface area contributed by atoms with Gasteiger partial charge in [-0.2, -0.15) is 0 Å². The third kappa shape index (κ3) is 6.60. The van der Waals surface area contributed by atoms with Crippen molar-refractivity contribution in [3.8, 4) is 0 Å². The zero-order chi connectivity index (χ0) is 12.5. The number of rotatable bonds is 9. The summed E-state index contributed by atoms with van der Waals surface area (Å²) in [6.07, 6.45) is 1.38. The molecule has 98 valence electrons. The van der Waals surface area contributed by atoms with Crippen molar-refractivity contribution in [3.05, 3.63) is 0 Å². The van der Waals surface area contributed by atoms with Crippen molar-refractivity contribution in [2.45, 2.75) is 31.5 Å². The maximum absolute atomic E-state index is 5.45. The van der Waals surface area contributed by atoms with E-state index in [-0.39, 0.29) is 0 Å². The van der Waals surface area contributed by atoms with Crippen LogP contribution in [0.4, 0.5) is 0 Å². The van der Waals surface area contributed by atoms with Gasteiger partial charge in [-0.3, -0.25) is 0 Å². The summed E-state index contributed by atoms with van der Waals surface area (Å²) in [5.41, 5.74) is 0. The highest BCUT2D eigenvalue weighted by atomic mass is 32.2. The van der Waals surface area contributed by atoms with Gasteiger partial charge in [0.1, 0.15) is 0 Å². The molecule has 0 aromatic carbocycles. The maximum atomic E-state index is 5.45. The zero-order valence-corrected chi connectivity index (χ0v) is 11.5. The first kappa shape index (κ1) is 14.4. The lowest BCUT2D eigenvalue weighted by molar-refractivity contribution is 0.0772. The molecule has 7 heteroatoms. The first-order valence-corrected chi connectivity index (χ1v) is 6.86. The van der Waals surface area contributed by atoms with Crippen LogP contribution in [0.2, 0.25) is 0 Å². The minimum absolute atomic E-state index is 0.328. The van der Waals surface area contributed by atoms with Gasteiger partial charge in [-0.05, 0) is 37.2 Å². The van der Waals surface area contributed by atoms with E-state index in [1.165, 1.54) is 0 Å². The van der Waals surface area contributed by atoms with Crippen LogP contribution in [0.15, 0.2) is 5.16 Å². The van der Waals surface area contributed by atoms with Gasteiger partial charge in [-0.15, -0.1) is 5.10 Å². The molecule has 0 amide bonds. The molecule has 6 nitrogen and oxygen atoms in total. The Labute approximate surface area is 106 Å². The van der Waals surface area contributed by atoms with Crippen LogP contribution in [0.1, 0.15) is 20.3 Å². The highest BCUT2D eigenvalue weighted by Gasteiger charge is 2.01. The van der Waals surface area contributed by atoms with Gasteiger partial charge in [0.15, 0.2) is 0 Å². The van der Waals surface area contributed by atoms with Gasteiger partial charge in [0.25, 0.3) is 0 Å². The lowest BCUT2D eigenvalue weighted by atomic mass is 10.4. The molecule has 0 aliphatic rings. The monoisotopic (exact) mass is 259 g/mol. The molecule has 1 aromatic rings. The van der Waals surface area contributed by atoms with E-state index in [9.17, 15) is 0 Å². The molecule has 0 atom stereocenters. The minimum Gasteiger partial charge on any atom is -0.379 e. The Morgan fingerprint density at radius 3 is 2.88 bits per heavy atom. The summed E-state index contributed by atoms with van der Waals surface area (Å²) in [5.74, 6) is 0.971. The van der Waals surface area contributed by atoms with Crippen LogP contribution in [-0.4, -0.2) is 51.8 Å². The zero-order valence-electron chi connectivity index (χ0n) is 10.7. The molecule has 17 heavy (non-hydrogen) atoms. The van der Waals surface area contributed by atoms with Crippen molar-refractivity contribution in [2.75, 3.05) is 25.4 Å². The topological polar surface area (TPSA) is 64.9 Å². The Bertz CT molecular complexity index is 305. The Balaban J connectivity index is 1.90. The molecule has 0 aliphatic carbocycles. The van der Waals surface area contributed by atoms with Gasteiger partial charge < -0.3 is 10.1 Å². The molecule has 0 saturated heterocycles. The molecule has 1 N–H and O–H groups in total. The molecule has 0 radical (unpaired) electrons. The van der Waals surface area contributed by atoms with Crippen molar-refractivity contribution in [3.63, 3.8) is 0 Å². The number of ether oxygens (including phenoxy) is 1. The van der Waals surface area contributed by atoms with Gasteiger partial charge in [0, 0.05) is 26.0 Å². The number of hydrogen-bond donors (Lipinski definition) is 1. The second kappa shape index (κ2) is 8.43. The lowest BCUT2D eigenvalue weighted by Gasteiger charge is -2.07. The summed E-state index contributed by atoms with van der Waals surface area (Å²) in [6, 6.07) is 0. The number of hydrogen-bond acceptors (Lipinski definition) is 6. The van der Waals surface area contributed by atoms with Crippen molar-refractivity contribution < 1.29 is 4.74 Å². The van der Waals surface area contributed by atoms with Crippen LogP contribution in [-0.2, 0) is 11.8 Å². The van der Waals surface area contributed by atoms with E-state index >= 15 is 0 Å². The Morgan fingerprint density at radius 1 is 1.41 bits per heavy atom. The van der Waals surface area contributed by atoms with Crippen molar-refractivity contribution in [2.24, 2.45) is 7.05 Å². The smallest absolute Gasteiger partial charge is 0.209 e. The second-order valence-electron chi connectivity index (χ2n) is 3.96. The average Bonchev–Trinajstić information content (AvgIpc) is 2.68. The highest BCUT2D eigenvalue weighted by Crippen LogP contribution is 2.10. The summed E-state index contributed by atoms with van der Waals surface area (Å²) in [7, 11) is 1.85. The SMILES string of the molecule is CC(C)OCCCNCCSc1nnnn1C. The van der Waals surface area contributed by atoms with E-state index in [0.29, 0.717) is 6.10 Å². The number of aryl methyl sites for hydroxylation is 1. The van der Waals surface area contributed by atoms with Crippen LogP contribution in [0.5, 0.6) is 0 Å². The number of tetrazole rings is 1. The average molecular weight is 259 g/mol. The Kier molecular flexibility index (Phi) is 7.14. The van der Waals surface area contributed by atoms with Crippen LogP contribution in [0, 0.1) is 0 Å². The quantitative estimate of drug-likeness (QED) is 0.520. The molecule has 0 fully saturated rings. The summed E-state index contributed by atoms with van der Waals surface area (Å²) >= 11 is 1.66. The Hall–Kier alpha value is -0.660. The third-order valence-electron chi connectivity index (χ3n) is 2.04. The predicted octanol–water partition coefficient (Wildman–Crippen LogP) is 0.707. The molecule has 0 unspecified atom stereocenters. The van der Waals surface area contributed by atoms with Gasteiger partial charge in [0.2, 0.25) is 5.16 Å². The fraction of sp³-hybridized carbons (Fsp3) is 0.900. The van der Waals surface area contributed by atoms with Gasteiger partial charge >= 0.3 is 0 Å². The fourth-order valence-corrected chi connectivity index (χ4v) is 1.95. The van der Waals surface area contributed by atoms with E-state index in [0.717, 1.165) is 37.0 Å². The third-order valence-corrected chi connectivity index (χ3v) is 3.05. The van der Waals surface area contributed by atoms with E-state index in [2.05, 4.69) is 34.7 Å². The van der Waals surface area contributed by atoms with Crippen molar-refractivity contribution in [1.29, 1.82) is 0 Å². The van der Waals surface area contributed by atoms with E-state index < -0.39 is 0 Å². The molecule has 0 spiro atoms. The molecular weight excluding hydrogens is 238 g/mol. The van der Waals surface area contributed by atoms with Gasteiger partial charge in [-0.1, -0.05) is 11.8 Å². The number of nitrogens with zero attached hydrogens (tertiary/aromatic N) is 4. The summed E-state index contributed by atoms with van der Waals surface area (Å²) < 4.78 is 7.13.